The summed E-state index contributed by atoms with van der Waals surface area (Å²) in [4.78, 5) is 13.8. The fourth-order valence-corrected chi connectivity index (χ4v) is 1.53. The molecule has 1 rings (SSSR count). The monoisotopic (exact) mass is 221 g/mol. The van der Waals surface area contributed by atoms with Crippen molar-refractivity contribution in [2.24, 2.45) is 0 Å². The van der Waals surface area contributed by atoms with E-state index in [1.807, 2.05) is 51.0 Å². The molecule has 3 heteroatoms. The maximum absolute atomic E-state index is 11.8. The number of ether oxygens (including phenoxy) is 1. The molecule has 0 aliphatic heterocycles. The Hall–Kier alpha value is -1.35. The number of hydrogen-bond acceptors (Lipinski definition) is 3. The minimum Gasteiger partial charge on any atom is -0.461 e. The molecular weight excluding hydrogens is 202 g/mol. The van der Waals surface area contributed by atoms with Crippen molar-refractivity contribution in [2.75, 3.05) is 27.2 Å². The quantitative estimate of drug-likeness (QED) is 0.728. The third-order valence-electron chi connectivity index (χ3n) is 2.46. The zero-order chi connectivity index (χ0) is 12.1. The zero-order valence-corrected chi connectivity index (χ0v) is 10.4. The van der Waals surface area contributed by atoms with Gasteiger partial charge in [0.1, 0.15) is 6.61 Å². The Bertz CT molecular complexity index is 352. The number of hydrogen-bond donors (Lipinski definition) is 0. The molecule has 0 atom stereocenters. The van der Waals surface area contributed by atoms with Crippen molar-refractivity contribution >= 4 is 5.97 Å². The molecule has 88 valence electrons. The van der Waals surface area contributed by atoms with Gasteiger partial charge in [-0.1, -0.05) is 18.2 Å². The van der Waals surface area contributed by atoms with Crippen LogP contribution in [-0.4, -0.2) is 38.1 Å². The van der Waals surface area contributed by atoms with Crippen LogP contribution in [0.5, 0.6) is 0 Å². The molecule has 1 aromatic rings. The average Bonchev–Trinajstić information content (AvgIpc) is 2.16. The number of likely N-dealkylation sites (N-methyl/N-ethyl adjacent to an activating group) is 1. The van der Waals surface area contributed by atoms with Crippen LogP contribution < -0.4 is 0 Å². The highest BCUT2D eigenvalue weighted by Crippen LogP contribution is 2.14. The molecule has 3 nitrogen and oxygen atoms in total. The molecule has 0 bridgehead atoms. The summed E-state index contributed by atoms with van der Waals surface area (Å²) in [5.41, 5.74) is 2.63. The predicted octanol–water partition coefficient (Wildman–Crippen LogP) is 2.02. The van der Waals surface area contributed by atoms with Gasteiger partial charge in [-0.05, 0) is 39.1 Å². The number of nitrogens with zero attached hydrogens (tertiary/aromatic N) is 1. The van der Waals surface area contributed by atoms with E-state index in [1.165, 1.54) is 0 Å². The molecule has 0 aliphatic carbocycles. The molecule has 0 aromatic heterocycles. The van der Waals surface area contributed by atoms with Crippen LogP contribution in [0.3, 0.4) is 0 Å². The number of esters is 1. The minimum absolute atomic E-state index is 0.225. The van der Waals surface area contributed by atoms with Gasteiger partial charge >= 0.3 is 5.97 Å². The smallest absolute Gasteiger partial charge is 0.338 e. The van der Waals surface area contributed by atoms with Crippen molar-refractivity contribution in [2.45, 2.75) is 13.8 Å². The molecule has 0 heterocycles. The van der Waals surface area contributed by atoms with Crippen molar-refractivity contribution in [1.82, 2.24) is 4.90 Å². The second-order valence-corrected chi connectivity index (χ2v) is 4.21. The highest BCUT2D eigenvalue weighted by molar-refractivity contribution is 5.92. The summed E-state index contributed by atoms with van der Waals surface area (Å²) in [7, 11) is 3.90. The van der Waals surface area contributed by atoms with Gasteiger partial charge in [0.05, 0.1) is 5.56 Å². The van der Waals surface area contributed by atoms with Crippen molar-refractivity contribution in [1.29, 1.82) is 0 Å². The van der Waals surface area contributed by atoms with Gasteiger partial charge in [-0.25, -0.2) is 4.79 Å². The Labute approximate surface area is 97.0 Å². The molecular formula is C13H19NO2. The van der Waals surface area contributed by atoms with E-state index < -0.39 is 0 Å². The Morgan fingerprint density at radius 3 is 2.31 bits per heavy atom. The Morgan fingerprint density at radius 2 is 1.81 bits per heavy atom. The van der Waals surface area contributed by atoms with E-state index in [-0.39, 0.29) is 5.97 Å². The summed E-state index contributed by atoms with van der Waals surface area (Å²) in [5, 5.41) is 0. The molecule has 0 saturated carbocycles. The van der Waals surface area contributed by atoms with Crippen LogP contribution in [-0.2, 0) is 4.74 Å². The summed E-state index contributed by atoms with van der Waals surface area (Å²) in [6.45, 7) is 5.03. The molecule has 0 amide bonds. The van der Waals surface area contributed by atoms with E-state index in [4.69, 9.17) is 4.74 Å². The lowest BCUT2D eigenvalue weighted by Crippen LogP contribution is -2.20. The van der Waals surface area contributed by atoms with Gasteiger partial charge in [-0.2, -0.15) is 0 Å². The second kappa shape index (κ2) is 5.66. The minimum atomic E-state index is -0.225. The number of aryl methyl sites for hydroxylation is 2. The van der Waals surface area contributed by atoms with Crippen molar-refractivity contribution in [3.05, 3.63) is 34.9 Å². The summed E-state index contributed by atoms with van der Waals surface area (Å²) in [6.07, 6.45) is 0. The first-order chi connectivity index (χ1) is 7.52. The molecule has 0 aliphatic rings. The third kappa shape index (κ3) is 3.35. The number of carbonyl (C=O) groups is 1. The number of benzene rings is 1. The normalized spacial score (nSPS) is 10.6. The van der Waals surface area contributed by atoms with Gasteiger partial charge in [-0.3, -0.25) is 0 Å². The van der Waals surface area contributed by atoms with Gasteiger partial charge in [0, 0.05) is 6.54 Å². The van der Waals surface area contributed by atoms with E-state index in [0.29, 0.717) is 12.2 Å². The molecule has 0 unspecified atom stereocenters. The number of carbonyl (C=O) groups excluding carboxylic acids is 1. The van der Waals surface area contributed by atoms with Crippen molar-refractivity contribution < 1.29 is 9.53 Å². The summed E-state index contributed by atoms with van der Waals surface area (Å²) < 4.78 is 5.22. The fraction of sp³-hybridized carbons (Fsp3) is 0.462. The maximum Gasteiger partial charge on any atom is 0.338 e. The van der Waals surface area contributed by atoms with Gasteiger partial charge in [0.2, 0.25) is 0 Å². The third-order valence-corrected chi connectivity index (χ3v) is 2.46. The first-order valence-electron chi connectivity index (χ1n) is 5.40. The van der Waals surface area contributed by atoms with Crippen molar-refractivity contribution in [3.8, 4) is 0 Å². The summed E-state index contributed by atoms with van der Waals surface area (Å²) >= 11 is 0. The zero-order valence-electron chi connectivity index (χ0n) is 10.4. The van der Waals surface area contributed by atoms with Crippen LogP contribution in [0.15, 0.2) is 18.2 Å². The molecule has 0 fully saturated rings. The van der Waals surface area contributed by atoms with Crippen LogP contribution >= 0.6 is 0 Å². The topological polar surface area (TPSA) is 29.5 Å². The van der Waals surface area contributed by atoms with Crippen LogP contribution in [0.1, 0.15) is 21.5 Å². The van der Waals surface area contributed by atoms with Gasteiger partial charge in [-0.15, -0.1) is 0 Å². The van der Waals surface area contributed by atoms with E-state index in [2.05, 4.69) is 0 Å². The van der Waals surface area contributed by atoms with E-state index in [0.717, 1.165) is 17.7 Å². The van der Waals surface area contributed by atoms with E-state index in [9.17, 15) is 4.79 Å². The van der Waals surface area contributed by atoms with Crippen LogP contribution in [0, 0.1) is 13.8 Å². The lowest BCUT2D eigenvalue weighted by molar-refractivity contribution is 0.0480. The predicted molar refractivity (Wildman–Crippen MR) is 64.8 cm³/mol. The summed E-state index contributed by atoms with van der Waals surface area (Å²) in [5.74, 6) is -0.225. The standard InChI is InChI=1S/C13H19NO2/c1-10-6-5-7-11(2)12(10)13(15)16-9-8-14(3)4/h5-7H,8-9H2,1-4H3. The first-order valence-corrected chi connectivity index (χ1v) is 5.40. The Kier molecular flexibility index (Phi) is 4.50. The Balaban J connectivity index is 2.66. The fourth-order valence-electron chi connectivity index (χ4n) is 1.53. The maximum atomic E-state index is 11.8. The van der Waals surface area contributed by atoms with E-state index in [1.54, 1.807) is 0 Å². The molecule has 0 spiro atoms. The number of rotatable bonds is 4. The highest BCUT2D eigenvalue weighted by atomic mass is 16.5. The lowest BCUT2D eigenvalue weighted by Gasteiger charge is -2.12. The van der Waals surface area contributed by atoms with E-state index >= 15 is 0 Å². The lowest BCUT2D eigenvalue weighted by atomic mass is 10.0. The van der Waals surface area contributed by atoms with Crippen molar-refractivity contribution in [3.63, 3.8) is 0 Å². The first kappa shape index (κ1) is 12.7. The highest BCUT2D eigenvalue weighted by Gasteiger charge is 2.12. The molecule has 0 saturated heterocycles. The van der Waals surface area contributed by atoms with Crippen LogP contribution in [0.25, 0.3) is 0 Å². The Morgan fingerprint density at radius 1 is 1.25 bits per heavy atom. The molecule has 0 radical (unpaired) electrons. The molecule has 0 N–H and O–H groups in total. The summed E-state index contributed by atoms with van der Waals surface area (Å²) in [6, 6.07) is 5.80. The molecule has 16 heavy (non-hydrogen) atoms. The van der Waals surface area contributed by atoms with Gasteiger partial charge in [0.15, 0.2) is 0 Å². The second-order valence-electron chi connectivity index (χ2n) is 4.21. The van der Waals surface area contributed by atoms with Gasteiger partial charge < -0.3 is 9.64 Å². The largest absolute Gasteiger partial charge is 0.461 e. The van der Waals surface area contributed by atoms with Crippen LogP contribution in [0.2, 0.25) is 0 Å². The van der Waals surface area contributed by atoms with Gasteiger partial charge in [0.25, 0.3) is 0 Å². The SMILES string of the molecule is Cc1cccc(C)c1C(=O)OCCN(C)C. The van der Waals surface area contributed by atoms with Crippen LogP contribution in [0.4, 0.5) is 0 Å². The molecule has 1 aromatic carbocycles. The average molecular weight is 221 g/mol.